The van der Waals surface area contributed by atoms with Crippen molar-refractivity contribution in [1.82, 2.24) is 5.32 Å². The van der Waals surface area contributed by atoms with Crippen molar-refractivity contribution in [2.75, 3.05) is 19.7 Å². The van der Waals surface area contributed by atoms with Crippen LogP contribution < -0.4 is 5.32 Å². The Balaban J connectivity index is 3.51. The van der Waals surface area contributed by atoms with E-state index in [9.17, 15) is 0 Å². The van der Waals surface area contributed by atoms with Crippen molar-refractivity contribution in [1.29, 1.82) is 0 Å². The van der Waals surface area contributed by atoms with Crippen LogP contribution >= 0.6 is 0 Å². The summed E-state index contributed by atoms with van der Waals surface area (Å²) in [5, 5.41) is 11.7. The zero-order chi connectivity index (χ0) is 10.8. The van der Waals surface area contributed by atoms with E-state index in [0.717, 1.165) is 13.0 Å². The highest BCUT2D eigenvalue weighted by atomic mass is 16.3. The number of nitrogens with one attached hydrogen (secondary N) is 1. The fourth-order valence-electron chi connectivity index (χ4n) is 1.10. The average molecular weight is 197 g/mol. The molecule has 0 saturated carbocycles. The highest BCUT2D eigenvalue weighted by Crippen LogP contribution is 2.11. The predicted octanol–water partition coefficient (Wildman–Crippen LogP) is 2.12. The Labute approximate surface area is 87.7 Å². The number of aliphatic hydroxyl groups is 1. The monoisotopic (exact) mass is 197 g/mol. The minimum absolute atomic E-state index is 0.209. The summed E-state index contributed by atoms with van der Waals surface area (Å²) in [6, 6.07) is 0. The molecule has 0 aromatic carbocycles. The second-order valence-corrected chi connectivity index (χ2v) is 3.73. The van der Waals surface area contributed by atoms with Crippen molar-refractivity contribution < 1.29 is 5.11 Å². The normalized spacial score (nSPS) is 14.1. The van der Waals surface area contributed by atoms with E-state index in [1.165, 1.54) is 12.0 Å². The fourth-order valence-corrected chi connectivity index (χ4v) is 1.10. The summed E-state index contributed by atoms with van der Waals surface area (Å²) in [4.78, 5) is 0. The number of hydrogen-bond acceptors (Lipinski definition) is 2. The minimum atomic E-state index is 0.209. The summed E-state index contributed by atoms with van der Waals surface area (Å²) >= 11 is 0. The van der Waals surface area contributed by atoms with Gasteiger partial charge in [-0.1, -0.05) is 24.6 Å². The van der Waals surface area contributed by atoms with Gasteiger partial charge in [-0.2, -0.15) is 0 Å². The van der Waals surface area contributed by atoms with E-state index in [1.54, 1.807) is 0 Å². The quantitative estimate of drug-likeness (QED) is 0.461. The van der Waals surface area contributed by atoms with Crippen LogP contribution in [0.3, 0.4) is 0 Å². The van der Waals surface area contributed by atoms with Crippen LogP contribution in [0.5, 0.6) is 0 Å². The van der Waals surface area contributed by atoms with Crippen LogP contribution in [-0.4, -0.2) is 24.8 Å². The number of allylic oxidation sites excluding steroid dienone is 2. The Hall–Kier alpha value is -0.600. The van der Waals surface area contributed by atoms with Crippen LogP contribution in [0.2, 0.25) is 0 Å². The number of rotatable bonds is 8. The summed E-state index contributed by atoms with van der Waals surface area (Å²) in [7, 11) is 0. The summed E-state index contributed by atoms with van der Waals surface area (Å²) in [6.07, 6.45) is 6.49. The van der Waals surface area contributed by atoms with Crippen LogP contribution in [0, 0.1) is 5.92 Å². The molecular formula is C12H23NO. The SMILES string of the molecule is C=CC(C)CC/C(C)=C/CNCCO. The summed E-state index contributed by atoms with van der Waals surface area (Å²) < 4.78 is 0. The first-order valence-corrected chi connectivity index (χ1v) is 5.30. The maximum absolute atomic E-state index is 8.55. The molecule has 2 N–H and O–H groups in total. The smallest absolute Gasteiger partial charge is 0.0556 e. The fraction of sp³-hybridized carbons (Fsp3) is 0.667. The molecule has 0 bridgehead atoms. The lowest BCUT2D eigenvalue weighted by Gasteiger charge is -2.06. The third kappa shape index (κ3) is 8.02. The lowest BCUT2D eigenvalue weighted by atomic mass is 10.0. The van der Waals surface area contributed by atoms with Crippen LogP contribution in [0.25, 0.3) is 0 Å². The molecule has 2 nitrogen and oxygen atoms in total. The molecule has 0 spiro atoms. The Morgan fingerprint density at radius 1 is 1.57 bits per heavy atom. The highest BCUT2D eigenvalue weighted by molar-refractivity contribution is 4.99. The highest BCUT2D eigenvalue weighted by Gasteiger charge is 1.96. The predicted molar refractivity (Wildman–Crippen MR) is 62.3 cm³/mol. The standard InChI is InChI=1S/C12H23NO/c1-4-11(2)5-6-12(3)7-8-13-9-10-14/h4,7,11,13-14H,1,5-6,8-10H2,2-3H3/b12-7+. The molecular weight excluding hydrogens is 174 g/mol. The molecule has 0 aliphatic carbocycles. The van der Waals surface area contributed by atoms with Crippen LogP contribution in [0.4, 0.5) is 0 Å². The second-order valence-electron chi connectivity index (χ2n) is 3.73. The second kappa shape index (κ2) is 8.97. The van der Waals surface area contributed by atoms with Gasteiger partial charge in [-0.05, 0) is 25.7 Å². The molecule has 0 fully saturated rings. The molecule has 0 amide bonds. The first-order chi connectivity index (χ1) is 6.70. The van der Waals surface area contributed by atoms with Gasteiger partial charge in [0, 0.05) is 13.1 Å². The zero-order valence-electron chi connectivity index (χ0n) is 9.42. The summed E-state index contributed by atoms with van der Waals surface area (Å²) in [6.45, 7) is 9.84. The van der Waals surface area contributed by atoms with Crippen molar-refractivity contribution in [2.24, 2.45) is 5.92 Å². The van der Waals surface area contributed by atoms with E-state index < -0.39 is 0 Å². The van der Waals surface area contributed by atoms with Gasteiger partial charge in [-0.25, -0.2) is 0 Å². The van der Waals surface area contributed by atoms with Crippen molar-refractivity contribution in [2.45, 2.75) is 26.7 Å². The molecule has 0 aromatic rings. The molecule has 0 radical (unpaired) electrons. The van der Waals surface area contributed by atoms with Crippen molar-refractivity contribution in [3.8, 4) is 0 Å². The zero-order valence-corrected chi connectivity index (χ0v) is 9.42. The van der Waals surface area contributed by atoms with Gasteiger partial charge in [0.1, 0.15) is 0 Å². The van der Waals surface area contributed by atoms with Gasteiger partial charge >= 0.3 is 0 Å². The van der Waals surface area contributed by atoms with Gasteiger partial charge in [0.05, 0.1) is 6.61 Å². The minimum Gasteiger partial charge on any atom is -0.395 e. The van der Waals surface area contributed by atoms with Gasteiger partial charge in [-0.15, -0.1) is 6.58 Å². The van der Waals surface area contributed by atoms with E-state index >= 15 is 0 Å². The van der Waals surface area contributed by atoms with E-state index in [1.807, 2.05) is 6.08 Å². The Morgan fingerprint density at radius 3 is 2.86 bits per heavy atom. The largest absolute Gasteiger partial charge is 0.395 e. The van der Waals surface area contributed by atoms with E-state index in [0.29, 0.717) is 12.5 Å². The van der Waals surface area contributed by atoms with Gasteiger partial charge in [0.2, 0.25) is 0 Å². The number of aliphatic hydroxyl groups excluding tert-OH is 1. The molecule has 0 aromatic heterocycles. The van der Waals surface area contributed by atoms with Crippen molar-refractivity contribution in [3.63, 3.8) is 0 Å². The summed E-state index contributed by atoms with van der Waals surface area (Å²) in [5.41, 5.74) is 1.41. The number of hydrogen-bond donors (Lipinski definition) is 2. The molecule has 2 heteroatoms. The van der Waals surface area contributed by atoms with Gasteiger partial charge < -0.3 is 10.4 Å². The topological polar surface area (TPSA) is 32.3 Å². The molecule has 1 atom stereocenters. The Kier molecular flexibility index (Phi) is 8.59. The molecule has 0 saturated heterocycles. The van der Waals surface area contributed by atoms with Crippen LogP contribution in [-0.2, 0) is 0 Å². The van der Waals surface area contributed by atoms with Crippen molar-refractivity contribution in [3.05, 3.63) is 24.3 Å². The van der Waals surface area contributed by atoms with E-state index in [4.69, 9.17) is 5.11 Å². The lowest BCUT2D eigenvalue weighted by Crippen LogP contribution is -2.18. The Morgan fingerprint density at radius 2 is 2.29 bits per heavy atom. The maximum atomic E-state index is 8.55. The lowest BCUT2D eigenvalue weighted by molar-refractivity contribution is 0.294. The third-order valence-electron chi connectivity index (χ3n) is 2.28. The Bertz CT molecular complexity index is 175. The molecule has 82 valence electrons. The van der Waals surface area contributed by atoms with E-state index in [2.05, 4.69) is 31.8 Å². The van der Waals surface area contributed by atoms with Gasteiger partial charge in [0.25, 0.3) is 0 Å². The summed E-state index contributed by atoms with van der Waals surface area (Å²) in [5.74, 6) is 0.601. The molecule has 0 heterocycles. The third-order valence-corrected chi connectivity index (χ3v) is 2.28. The van der Waals surface area contributed by atoms with E-state index in [-0.39, 0.29) is 6.61 Å². The van der Waals surface area contributed by atoms with Crippen molar-refractivity contribution >= 4 is 0 Å². The van der Waals surface area contributed by atoms with Crippen LogP contribution in [0.1, 0.15) is 26.7 Å². The molecule has 14 heavy (non-hydrogen) atoms. The molecule has 1 unspecified atom stereocenters. The van der Waals surface area contributed by atoms with Gasteiger partial charge in [0.15, 0.2) is 0 Å². The molecule has 0 aliphatic rings. The molecule has 0 rings (SSSR count). The maximum Gasteiger partial charge on any atom is 0.0556 e. The van der Waals surface area contributed by atoms with Crippen LogP contribution in [0.15, 0.2) is 24.3 Å². The first kappa shape index (κ1) is 13.4. The van der Waals surface area contributed by atoms with Gasteiger partial charge in [-0.3, -0.25) is 0 Å². The molecule has 0 aliphatic heterocycles. The average Bonchev–Trinajstić information content (AvgIpc) is 2.21. The first-order valence-electron chi connectivity index (χ1n) is 5.30.